The van der Waals surface area contributed by atoms with Crippen LogP contribution in [0.5, 0.6) is 0 Å². The number of aromatic nitrogens is 3. The zero-order valence-electron chi connectivity index (χ0n) is 35.7. The van der Waals surface area contributed by atoms with Crippen LogP contribution in [0.3, 0.4) is 0 Å². The first-order chi connectivity index (χ1) is 30.9. The van der Waals surface area contributed by atoms with Gasteiger partial charge in [-0.05, 0) is 19.4 Å². The summed E-state index contributed by atoms with van der Waals surface area (Å²) in [5.74, 6) is -4.18. The molecule has 2 aliphatic rings. The molecule has 65 heavy (non-hydrogen) atoms. The van der Waals surface area contributed by atoms with Gasteiger partial charge in [0, 0.05) is 13.1 Å². The third-order valence-corrected chi connectivity index (χ3v) is 18.4. The number of rotatable bonds is 13. The number of carbonyl (C=O) groups excluding carboxylic acids is 3. The molecule has 5 heterocycles. The van der Waals surface area contributed by atoms with Crippen LogP contribution in [0.1, 0.15) is 60.8 Å². The number of benzene rings is 3. The van der Waals surface area contributed by atoms with Crippen LogP contribution < -0.4 is 31.2 Å². The number of hydrogen-bond acceptors (Lipinski definition) is 9. The van der Waals surface area contributed by atoms with Crippen LogP contribution in [0.25, 0.3) is 32.6 Å². The number of ketones is 1. The van der Waals surface area contributed by atoms with Crippen molar-refractivity contribution in [2.75, 3.05) is 24.4 Å². The second kappa shape index (κ2) is 18.6. The summed E-state index contributed by atoms with van der Waals surface area (Å²) in [4.78, 5) is 56.0. The predicted molar refractivity (Wildman–Crippen MR) is 237 cm³/mol. The van der Waals surface area contributed by atoms with Crippen molar-refractivity contribution in [2.45, 2.75) is 69.3 Å². The van der Waals surface area contributed by atoms with Crippen LogP contribution in [0.15, 0.2) is 84.6 Å². The van der Waals surface area contributed by atoms with Gasteiger partial charge in [0.2, 0.25) is 0 Å². The number of alkyl halides is 2. The Labute approximate surface area is 388 Å². The number of anilines is 1. The van der Waals surface area contributed by atoms with Gasteiger partial charge < -0.3 is 0 Å². The molecule has 0 saturated carbocycles. The number of hydrogen-bond donors (Lipinski definition) is 4. The van der Waals surface area contributed by atoms with E-state index in [1.165, 1.54) is 11.1 Å². The fraction of sp³-hybridized carbons (Fsp3) is 0.326. The minimum absolute atomic E-state index is 0.0149. The molecular formula is C46H46F3IN7O6S2-. The van der Waals surface area contributed by atoms with Gasteiger partial charge in [-0.15, -0.1) is 11.3 Å². The average Bonchev–Trinajstić information content (AvgIpc) is 4.10. The van der Waals surface area contributed by atoms with Gasteiger partial charge in [-0.2, -0.15) is 12.7 Å². The molecule has 342 valence electrons. The van der Waals surface area contributed by atoms with E-state index in [0.717, 1.165) is 41.7 Å². The Morgan fingerprint density at radius 3 is 2.38 bits per heavy atom. The van der Waals surface area contributed by atoms with E-state index in [0.29, 0.717) is 11.1 Å². The Balaban J connectivity index is 0.960. The number of likely N-dealkylation sites (tertiary alicyclic amines) is 1. The van der Waals surface area contributed by atoms with Gasteiger partial charge in [-0.1, -0.05) is 0 Å². The van der Waals surface area contributed by atoms with Crippen LogP contribution >= 0.6 is 11.3 Å². The quantitative estimate of drug-likeness (QED) is 0.0767. The summed E-state index contributed by atoms with van der Waals surface area (Å²) in [7, 11) is -4.39. The fourth-order valence-corrected chi connectivity index (χ4v) is 13.1. The number of carbonyl (C=O) groups is 3. The number of pyridine rings is 1. The Kier molecular flexibility index (Phi) is 13.2. The van der Waals surface area contributed by atoms with Crippen molar-refractivity contribution in [3.05, 3.63) is 122 Å². The molecule has 19 heteroatoms. The molecule has 1 unspecified atom stereocenters. The second-order valence-electron chi connectivity index (χ2n) is 17.2. The number of β-amino-alcohol motifs (C(OH)–C–C–N with tert-alkyl or cyclic N) is 1. The molecule has 8 rings (SSSR count). The van der Waals surface area contributed by atoms with Gasteiger partial charge in [-0.3, -0.25) is 4.72 Å². The molecule has 2 saturated heterocycles. The van der Waals surface area contributed by atoms with E-state index in [-0.39, 0.29) is 60.9 Å². The number of fused-ring (bicyclic) bond motifs is 1. The number of thiazole rings is 1. The van der Waals surface area contributed by atoms with E-state index in [1.807, 2.05) is 80.9 Å². The van der Waals surface area contributed by atoms with Crippen LogP contribution in [-0.2, 0) is 26.3 Å². The van der Waals surface area contributed by atoms with Crippen molar-refractivity contribution in [2.24, 2.45) is 5.41 Å². The molecule has 3 aromatic carbocycles. The summed E-state index contributed by atoms with van der Waals surface area (Å²) in [5.41, 5.74) is 4.07. The van der Waals surface area contributed by atoms with Crippen molar-refractivity contribution in [1.29, 1.82) is 0 Å². The van der Waals surface area contributed by atoms with Crippen LogP contribution in [-0.4, -0.2) is 97.2 Å². The van der Waals surface area contributed by atoms with Crippen LogP contribution in [0.4, 0.5) is 18.9 Å². The molecule has 0 spiro atoms. The molecule has 13 nitrogen and oxygen atoms in total. The van der Waals surface area contributed by atoms with Crippen molar-refractivity contribution < 1.29 is 62.3 Å². The maximum absolute atomic E-state index is 15.8. The predicted octanol–water partition coefficient (Wildman–Crippen LogP) is 3.82. The minimum atomic E-state index is -4.39. The zero-order chi connectivity index (χ0) is 46.4. The number of aliphatic hydroxyl groups excluding tert-OH is 1. The summed E-state index contributed by atoms with van der Waals surface area (Å²) >= 11 is 0.583. The number of nitrogens with one attached hydrogen (secondary N) is 3. The molecular weight excluding hydrogens is 995 g/mol. The number of nitrogens with zero attached hydrogens (tertiary/aromatic N) is 4. The third kappa shape index (κ3) is 9.84. The Bertz CT molecular complexity index is 2890. The van der Waals surface area contributed by atoms with E-state index < -0.39 is 94.3 Å². The van der Waals surface area contributed by atoms with E-state index in [4.69, 9.17) is 0 Å². The molecule has 4 atom stereocenters. The molecule has 0 bridgehead atoms. The van der Waals surface area contributed by atoms with Crippen molar-refractivity contribution in [3.63, 3.8) is 0 Å². The topological polar surface area (TPSA) is 178 Å². The number of halogens is 4. The number of amides is 2. The number of aryl methyl sites for hydroxylation is 1. The van der Waals surface area contributed by atoms with Gasteiger partial charge >= 0.3 is 302 Å². The molecule has 3 aromatic heterocycles. The Morgan fingerprint density at radius 1 is 1.00 bits per heavy atom. The summed E-state index contributed by atoms with van der Waals surface area (Å²) in [5, 5.41) is 14.0. The van der Waals surface area contributed by atoms with Gasteiger partial charge in [0.1, 0.15) is 6.17 Å². The second-order valence-corrected chi connectivity index (χ2v) is 22.8. The standard InChI is InChI=1S/C46H46F3IN7O6S2/c1-25-41(64-24-54-25)28-7-5-26(6-8-28)19-53-44(60)37-18-32(58)23-57(37)45(61)42(46(2,3)4)50-31-11-9-27(10-12-31)29-17-33-34(21-52-43(33)51-20-29)40(59)38-35(48)13-14-36(39(38)49)55-65(62,63)56-16-15-30(47)22-56/h5-14,17,20-21,24,30,32,37,42,55,58H,15-16,18-19,22-23H2,1-4H3,(H,51,52)(H,53,60)/q-1/t30-,32-,37?,42-/m1/s1. The summed E-state index contributed by atoms with van der Waals surface area (Å²) < 4.78 is 73.7. The first-order valence-electron chi connectivity index (χ1n) is 20.8. The van der Waals surface area contributed by atoms with E-state index >= 15 is 8.78 Å². The molecule has 6 aromatic rings. The van der Waals surface area contributed by atoms with Gasteiger partial charge in [0.25, 0.3) is 0 Å². The molecule has 2 aliphatic heterocycles. The maximum atomic E-state index is 15.8. The summed E-state index contributed by atoms with van der Waals surface area (Å²) in [6, 6.07) is 17.9. The normalized spacial score (nSPS) is 18.6. The fourth-order valence-electron chi connectivity index (χ4n) is 7.97. The third-order valence-electron chi connectivity index (χ3n) is 11.4. The van der Waals surface area contributed by atoms with Crippen molar-refractivity contribution in [1.82, 2.24) is 29.5 Å². The zero-order valence-corrected chi connectivity index (χ0v) is 39.5. The summed E-state index contributed by atoms with van der Waals surface area (Å²) in [6.45, 7) is 7.72. The average molecular weight is 1040 g/mol. The molecule has 0 radical (unpaired) electrons. The van der Waals surface area contributed by atoms with Gasteiger partial charge in [0.15, 0.2) is 0 Å². The van der Waals surface area contributed by atoms with E-state index in [1.54, 1.807) is 29.1 Å². The van der Waals surface area contributed by atoms with E-state index in [9.17, 15) is 32.3 Å². The number of H-pyrrole nitrogens is 1. The molecule has 2 amide bonds. The van der Waals surface area contributed by atoms with Crippen molar-refractivity contribution in [3.8, 4) is 21.6 Å². The van der Waals surface area contributed by atoms with Crippen molar-refractivity contribution >= 4 is 55.9 Å². The van der Waals surface area contributed by atoms with Gasteiger partial charge in [0.05, 0.1) is 11.2 Å². The Morgan fingerprint density at radius 2 is 1.72 bits per heavy atom. The van der Waals surface area contributed by atoms with Crippen LogP contribution in [0.2, 0.25) is 0 Å². The summed E-state index contributed by atoms with van der Waals surface area (Å²) in [6.07, 6.45) is 0.772. The van der Waals surface area contributed by atoms with Gasteiger partial charge in [-0.25, -0.2) is 9.37 Å². The van der Waals surface area contributed by atoms with E-state index in [2.05, 4.69) is 20.3 Å². The van der Waals surface area contributed by atoms with Crippen LogP contribution in [0, 0.1) is 27.5 Å². The molecule has 2 fully saturated rings. The Hall–Kier alpha value is -5.22. The first-order valence-corrected chi connectivity index (χ1v) is 25.4. The number of aliphatic hydroxyl groups is 1. The molecule has 0 aliphatic carbocycles. The number of aromatic amines is 1. The SMILES string of the molecule is Cc1ncsc1-c1ccc(CNC(=O)C2C[C@@H](O)CN2C(=O)[C@@H]([I-]c2ccc(-c3cnc4[nH]cc(C(=O)c5c(F)ccc(NS(=O)(=O)N6CC[C@@H](F)C6)c5F)c4c3)cc2)C(C)(C)C)cc1. The first kappa shape index (κ1) is 46.3. The molecule has 4 N–H and O–H groups in total. The monoisotopic (exact) mass is 1040 g/mol.